The Morgan fingerprint density at radius 2 is 1.67 bits per heavy atom. The van der Waals surface area contributed by atoms with Crippen molar-refractivity contribution in [2.75, 3.05) is 0 Å². The first-order valence-electron chi connectivity index (χ1n) is 8.33. The summed E-state index contributed by atoms with van der Waals surface area (Å²) in [5.74, 6) is 0. The van der Waals surface area contributed by atoms with Crippen LogP contribution in [0.3, 0.4) is 0 Å². The van der Waals surface area contributed by atoms with Crippen molar-refractivity contribution < 1.29 is 0 Å². The molecule has 0 bridgehead atoms. The lowest BCUT2D eigenvalue weighted by Crippen LogP contribution is -2.12. The normalized spacial score (nSPS) is 12.2. The van der Waals surface area contributed by atoms with Crippen LogP contribution in [-0.4, -0.2) is 4.98 Å². The van der Waals surface area contributed by atoms with E-state index in [1.807, 2.05) is 0 Å². The number of aromatic nitrogens is 1. The van der Waals surface area contributed by atoms with E-state index < -0.39 is 0 Å². The highest BCUT2D eigenvalue weighted by Crippen LogP contribution is 2.35. The smallest absolute Gasteiger partial charge is 0.124 e. The monoisotopic (exact) mass is 331 g/mol. The van der Waals surface area contributed by atoms with Gasteiger partial charge in [-0.1, -0.05) is 45.0 Å². The second-order valence-corrected chi connectivity index (χ2v) is 8.68. The van der Waals surface area contributed by atoms with Gasteiger partial charge in [-0.15, -0.1) is 11.3 Å². The van der Waals surface area contributed by atoms with E-state index in [0.717, 1.165) is 10.5 Å². The molecule has 2 aromatic carbocycles. The van der Waals surface area contributed by atoms with Gasteiger partial charge < -0.3 is 0 Å². The highest BCUT2D eigenvalue weighted by atomic mass is 32.1. The predicted octanol–water partition coefficient (Wildman–Crippen LogP) is 6.72. The van der Waals surface area contributed by atoms with Gasteiger partial charge >= 0.3 is 0 Å². The van der Waals surface area contributed by atoms with Gasteiger partial charge in [0.1, 0.15) is 4.83 Å². The standard InChI is InChI=1S/C22H21NS/c1-14-11-16-9-10-20(23-21(16)24-14)17-12-15-7-5-6-8-18(15)19(13-17)22(2,3)4/h5-13H,1-4H3. The number of pyridine rings is 1. The summed E-state index contributed by atoms with van der Waals surface area (Å²) in [5.41, 5.74) is 3.73. The number of hydrogen-bond acceptors (Lipinski definition) is 2. The molecule has 120 valence electrons. The summed E-state index contributed by atoms with van der Waals surface area (Å²) in [5, 5.41) is 3.85. The van der Waals surface area contributed by atoms with Crippen LogP contribution < -0.4 is 0 Å². The summed E-state index contributed by atoms with van der Waals surface area (Å²) < 4.78 is 0. The van der Waals surface area contributed by atoms with Gasteiger partial charge in [-0.25, -0.2) is 4.98 Å². The first-order chi connectivity index (χ1) is 11.4. The average Bonchev–Trinajstić information content (AvgIpc) is 2.92. The third-order valence-corrected chi connectivity index (χ3v) is 5.43. The van der Waals surface area contributed by atoms with Crippen molar-refractivity contribution in [2.45, 2.75) is 33.1 Å². The predicted molar refractivity (Wildman–Crippen MR) is 106 cm³/mol. The first kappa shape index (κ1) is 15.3. The molecule has 1 nitrogen and oxygen atoms in total. The second kappa shape index (κ2) is 5.42. The molecule has 0 atom stereocenters. The zero-order valence-electron chi connectivity index (χ0n) is 14.6. The van der Waals surface area contributed by atoms with Gasteiger partial charge in [0, 0.05) is 15.8 Å². The Morgan fingerprint density at radius 3 is 2.46 bits per heavy atom. The maximum atomic E-state index is 4.91. The fourth-order valence-electron chi connectivity index (χ4n) is 3.28. The molecule has 0 aliphatic carbocycles. The summed E-state index contributed by atoms with van der Waals surface area (Å²) >= 11 is 1.76. The molecular formula is C22H21NS. The molecule has 0 aliphatic rings. The number of benzene rings is 2. The molecule has 0 spiro atoms. The summed E-state index contributed by atoms with van der Waals surface area (Å²) in [6.07, 6.45) is 0. The number of aryl methyl sites for hydroxylation is 1. The Labute approximate surface area is 147 Å². The van der Waals surface area contributed by atoms with E-state index in [9.17, 15) is 0 Å². The molecule has 4 aromatic rings. The Morgan fingerprint density at radius 1 is 0.875 bits per heavy atom. The van der Waals surface area contributed by atoms with Crippen LogP contribution in [-0.2, 0) is 5.41 Å². The van der Waals surface area contributed by atoms with E-state index in [4.69, 9.17) is 4.98 Å². The summed E-state index contributed by atoms with van der Waals surface area (Å²) in [6.45, 7) is 8.97. The third-order valence-electron chi connectivity index (χ3n) is 4.47. The molecule has 0 unspecified atom stereocenters. The molecule has 0 N–H and O–H groups in total. The fraction of sp³-hybridized carbons (Fsp3) is 0.227. The Balaban J connectivity index is 1.98. The lowest BCUT2D eigenvalue weighted by Gasteiger charge is -2.22. The highest BCUT2D eigenvalue weighted by molar-refractivity contribution is 7.18. The van der Waals surface area contributed by atoms with Crippen molar-refractivity contribution in [3.05, 3.63) is 65.0 Å². The Kier molecular flexibility index (Phi) is 3.47. The molecule has 2 heterocycles. The molecule has 0 saturated carbocycles. The van der Waals surface area contributed by atoms with E-state index >= 15 is 0 Å². The van der Waals surface area contributed by atoms with Gasteiger partial charge in [0.25, 0.3) is 0 Å². The van der Waals surface area contributed by atoms with Gasteiger partial charge in [0.05, 0.1) is 5.69 Å². The SMILES string of the molecule is Cc1cc2ccc(-c3cc(C(C)(C)C)c4ccccc4c3)nc2s1. The lowest BCUT2D eigenvalue weighted by atomic mass is 9.82. The number of fused-ring (bicyclic) bond motifs is 2. The van der Waals surface area contributed by atoms with Gasteiger partial charge in [0.2, 0.25) is 0 Å². The number of thiophene rings is 1. The third kappa shape index (κ3) is 2.61. The number of nitrogens with zero attached hydrogens (tertiary/aromatic N) is 1. The summed E-state index contributed by atoms with van der Waals surface area (Å²) in [4.78, 5) is 7.34. The Hall–Kier alpha value is -2.19. The number of hydrogen-bond donors (Lipinski definition) is 0. The molecule has 0 amide bonds. The van der Waals surface area contributed by atoms with Gasteiger partial charge in [-0.3, -0.25) is 0 Å². The Bertz CT molecular complexity index is 1050. The minimum atomic E-state index is 0.0965. The zero-order chi connectivity index (χ0) is 16.9. The lowest BCUT2D eigenvalue weighted by molar-refractivity contribution is 0.596. The van der Waals surface area contributed by atoms with Crippen LogP contribution in [0, 0.1) is 6.92 Å². The van der Waals surface area contributed by atoms with Crippen molar-refractivity contribution in [1.29, 1.82) is 0 Å². The second-order valence-electron chi connectivity index (χ2n) is 7.44. The van der Waals surface area contributed by atoms with Crippen LogP contribution in [0.2, 0.25) is 0 Å². The van der Waals surface area contributed by atoms with E-state index in [-0.39, 0.29) is 5.41 Å². The van der Waals surface area contributed by atoms with Gasteiger partial charge in [-0.05, 0) is 59.0 Å². The molecule has 0 fully saturated rings. The van der Waals surface area contributed by atoms with Crippen LogP contribution >= 0.6 is 11.3 Å². The molecule has 2 aromatic heterocycles. The van der Waals surface area contributed by atoms with E-state index in [1.165, 1.54) is 32.2 Å². The quantitative estimate of drug-likeness (QED) is 0.377. The molecular weight excluding hydrogens is 310 g/mol. The maximum Gasteiger partial charge on any atom is 0.124 e. The molecule has 0 radical (unpaired) electrons. The van der Waals surface area contributed by atoms with Crippen LogP contribution in [0.4, 0.5) is 0 Å². The topological polar surface area (TPSA) is 12.9 Å². The highest BCUT2D eigenvalue weighted by Gasteiger charge is 2.18. The van der Waals surface area contributed by atoms with Crippen molar-refractivity contribution in [1.82, 2.24) is 4.98 Å². The minimum absolute atomic E-state index is 0.0965. The van der Waals surface area contributed by atoms with Gasteiger partial charge in [0.15, 0.2) is 0 Å². The van der Waals surface area contributed by atoms with E-state index in [0.29, 0.717) is 0 Å². The molecule has 2 heteroatoms. The number of rotatable bonds is 1. The molecule has 0 saturated heterocycles. The minimum Gasteiger partial charge on any atom is -0.237 e. The van der Waals surface area contributed by atoms with Crippen LogP contribution in [0.5, 0.6) is 0 Å². The van der Waals surface area contributed by atoms with Gasteiger partial charge in [-0.2, -0.15) is 0 Å². The molecule has 0 aliphatic heterocycles. The zero-order valence-corrected chi connectivity index (χ0v) is 15.4. The fourth-order valence-corrected chi connectivity index (χ4v) is 4.16. The summed E-state index contributed by atoms with van der Waals surface area (Å²) in [7, 11) is 0. The maximum absolute atomic E-state index is 4.91. The summed E-state index contributed by atoms with van der Waals surface area (Å²) in [6, 6.07) is 19.8. The van der Waals surface area contributed by atoms with Crippen LogP contribution in [0.25, 0.3) is 32.2 Å². The van der Waals surface area contributed by atoms with Crippen LogP contribution in [0.1, 0.15) is 31.2 Å². The van der Waals surface area contributed by atoms with Crippen LogP contribution in [0.15, 0.2) is 54.6 Å². The molecule has 24 heavy (non-hydrogen) atoms. The van der Waals surface area contributed by atoms with Crippen molar-refractivity contribution in [3.8, 4) is 11.3 Å². The van der Waals surface area contributed by atoms with Crippen molar-refractivity contribution >= 4 is 32.3 Å². The van der Waals surface area contributed by atoms with Crippen molar-refractivity contribution in [3.63, 3.8) is 0 Å². The first-order valence-corrected chi connectivity index (χ1v) is 9.14. The average molecular weight is 331 g/mol. The largest absolute Gasteiger partial charge is 0.237 e. The molecule has 4 rings (SSSR count). The van der Waals surface area contributed by atoms with E-state index in [1.54, 1.807) is 11.3 Å². The van der Waals surface area contributed by atoms with Crippen molar-refractivity contribution in [2.24, 2.45) is 0 Å². The van der Waals surface area contributed by atoms with E-state index in [2.05, 4.69) is 82.3 Å².